The highest BCUT2D eigenvalue weighted by atomic mass is 16.5. The topological polar surface area (TPSA) is 88.5 Å². The highest BCUT2D eigenvalue weighted by Crippen LogP contribution is 2.40. The van der Waals surface area contributed by atoms with Crippen molar-refractivity contribution in [3.63, 3.8) is 0 Å². The van der Waals surface area contributed by atoms with Crippen molar-refractivity contribution in [1.82, 2.24) is 25.1 Å². The normalized spacial score (nSPS) is 19.6. The van der Waals surface area contributed by atoms with Crippen LogP contribution in [-0.4, -0.2) is 52.1 Å². The number of carbonyl (C=O) groups is 2. The number of piperidine rings is 1. The molecule has 1 fully saturated rings. The lowest BCUT2D eigenvalue weighted by Crippen LogP contribution is -2.55. The average Bonchev–Trinajstić information content (AvgIpc) is 3.27. The van der Waals surface area contributed by atoms with Crippen molar-refractivity contribution in [3.8, 4) is 0 Å². The molecule has 2 aromatic rings. The van der Waals surface area contributed by atoms with Gasteiger partial charge in [0.15, 0.2) is 6.10 Å². The number of fused-ring (bicyclic) bond motifs is 2. The number of hydrogen-bond donors (Lipinski definition) is 2. The quantitative estimate of drug-likeness (QED) is 0.750. The molecular formula is C24H33N5O3. The molecule has 0 radical (unpaired) electrons. The van der Waals surface area contributed by atoms with Crippen molar-refractivity contribution < 1.29 is 14.3 Å². The van der Waals surface area contributed by atoms with Crippen LogP contribution >= 0.6 is 0 Å². The number of aromatic nitrogens is 2. The number of amides is 3. The molecule has 0 bridgehead atoms. The standard InChI is InChI=1S/C24H33N5O3/c1-17(2)14-26-21(30)20-16-29-13-10-25-22(29)24(32-20)8-11-28(12-9-24)23(31)27-15-19-7-5-4-6-18(19)3/h4-7,10,13,17,20H,8-9,11-12,14-16H2,1-3H3,(H,26,30)(H,27,31)/t20-/m0/s1. The molecule has 2 aliphatic heterocycles. The van der Waals surface area contributed by atoms with Gasteiger partial charge in [0.25, 0.3) is 5.91 Å². The minimum absolute atomic E-state index is 0.0755. The molecule has 1 saturated heterocycles. The summed E-state index contributed by atoms with van der Waals surface area (Å²) in [4.78, 5) is 31.9. The summed E-state index contributed by atoms with van der Waals surface area (Å²) in [7, 11) is 0. The average molecular weight is 440 g/mol. The Morgan fingerprint density at radius 1 is 1.22 bits per heavy atom. The van der Waals surface area contributed by atoms with Gasteiger partial charge in [-0.1, -0.05) is 38.1 Å². The maximum atomic E-state index is 12.8. The molecule has 3 amide bonds. The Balaban J connectivity index is 1.39. The molecule has 1 spiro atoms. The van der Waals surface area contributed by atoms with E-state index in [1.165, 1.54) is 0 Å². The van der Waals surface area contributed by atoms with E-state index in [4.69, 9.17) is 4.74 Å². The van der Waals surface area contributed by atoms with E-state index in [1.807, 2.05) is 46.9 Å². The lowest BCUT2D eigenvalue weighted by molar-refractivity contribution is -0.171. The molecule has 0 aliphatic carbocycles. The first-order valence-electron chi connectivity index (χ1n) is 11.4. The highest BCUT2D eigenvalue weighted by Gasteiger charge is 2.47. The van der Waals surface area contributed by atoms with Crippen LogP contribution in [-0.2, 0) is 28.2 Å². The molecule has 172 valence electrons. The Bertz CT molecular complexity index is 962. The second-order valence-corrected chi connectivity index (χ2v) is 9.22. The minimum Gasteiger partial charge on any atom is -0.354 e. The Kier molecular flexibility index (Phi) is 6.50. The fourth-order valence-electron chi connectivity index (χ4n) is 4.46. The van der Waals surface area contributed by atoms with Gasteiger partial charge in [-0.05, 0) is 24.0 Å². The van der Waals surface area contributed by atoms with E-state index in [0.717, 1.165) is 17.0 Å². The van der Waals surface area contributed by atoms with Gasteiger partial charge in [-0.2, -0.15) is 0 Å². The van der Waals surface area contributed by atoms with Gasteiger partial charge in [0.2, 0.25) is 0 Å². The van der Waals surface area contributed by atoms with Crippen LogP contribution in [0.25, 0.3) is 0 Å². The third-order valence-corrected chi connectivity index (χ3v) is 6.38. The van der Waals surface area contributed by atoms with Gasteiger partial charge in [0.1, 0.15) is 11.4 Å². The van der Waals surface area contributed by atoms with E-state index >= 15 is 0 Å². The first-order chi connectivity index (χ1) is 15.4. The molecule has 2 N–H and O–H groups in total. The molecule has 3 heterocycles. The molecular weight excluding hydrogens is 406 g/mol. The van der Waals surface area contributed by atoms with Crippen LogP contribution in [0.2, 0.25) is 0 Å². The maximum Gasteiger partial charge on any atom is 0.317 e. The zero-order chi connectivity index (χ0) is 22.7. The van der Waals surface area contributed by atoms with E-state index in [1.54, 1.807) is 6.20 Å². The zero-order valence-electron chi connectivity index (χ0n) is 19.1. The summed E-state index contributed by atoms with van der Waals surface area (Å²) in [5, 5.41) is 6.02. The van der Waals surface area contributed by atoms with Crippen LogP contribution in [0.15, 0.2) is 36.7 Å². The molecule has 4 rings (SSSR count). The Hall–Kier alpha value is -2.87. The predicted octanol–water partition coefficient (Wildman–Crippen LogP) is 2.56. The van der Waals surface area contributed by atoms with Crippen molar-refractivity contribution in [1.29, 1.82) is 0 Å². The maximum absolute atomic E-state index is 12.8. The number of likely N-dealkylation sites (tertiary alicyclic amines) is 1. The van der Waals surface area contributed by atoms with E-state index in [-0.39, 0.29) is 11.9 Å². The first-order valence-corrected chi connectivity index (χ1v) is 11.4. The highest BCUT2D eigenvalue weighted by molar-refractivity contribution is 5.81. The molecule has 8 nitrogen and oxygen atoms in total. The number of aryl methyl sites for hydroxylation is 1. The number of rotatable bonds is 5. The van der Waals surface area contributed by atoms with Crippen LogP contribution < -0.4 is 10.6 Å². The second kappa shape index (κ2) is 9.32. The number of carbonyl (C=O) groups excluding carboxylic acids is 2. The molecule has 0 unspecified atom stereocenters. The number of benzene rings is 1. The summed E-state index contributed by atoms with van der Waals surface area (Å²) in [5.74, 6) is 1.14. The molecule has 0 saturated carbocycles. The lowest BCUT2D eigenvalue weighted by atomic mass is 9.88. The largest absolute Gasteiger partial charge is 0.354 e. The van der Waals surface area contributed by atoms with E-state index in [9.17, 15) is 9.59 Å². The summed E-state index contributed by atoms with van der Waals surface area (Å²) >= 11 is 0. The second-order valence-electron chi connectivity index (χ2n) is 9.22. The number of urea groups is 1. The van der Waals surface area contributed by atoms with Gasteiger partial charge < -0.3 is 24.8 Å². The summed E-state index contributed by atoms with van der Waals surface area (Å²) in [5.41, 5.74) is 1.63. The summed E-state index contributed by atoms with van der Waals surface area (Å²) in [6, 6.07) is 7.97. The summed E-state index contributed by atoms with van der Waals surface area (Å²) in [6.07, 6.45) is 4.32. The predicted molar refractivity (Wildman–Crippen MR) is 121 cm³/mol. The van der Waals surface area contributed by atoms with Crippen LogP contribution in [0.1, 0.15) is 43.6 Å². The minimum atomic E-state index is -0.644. The molecule has 1 atom stereocenters. The van der Waals surface area contributed by atoms with Gasteiger partial charge in [0, 0.05) is 51.4 Å². The van der Waals surface area contributed by atoms with Gasteiger partial charge in [-0.25, -0.2) is 9.78 Å². The third kappa shape index (κ3) is 4.65. The van der Waals surface area contributed by atoms with Crippen molar-refractivity contribution in [2.24, 2.45) is 5.92 Å². The zero-order valence-corrected chi connectivity index (χ0v) is 19.1. The number of nitrogens with one attached hydrogen (secondary N) is 2. The SMILES string of the molecule is Cc1ccccc1CNC(=O)N1CCC2(CC1)O[C@H](C(=O)NCC(C)C)Cn1ccnc12. The lowest BCUT2D eigenvalue weighted by Gasteiger charge is -2.45. The van der Waals surface area contributed by atoms with Gasteiger partial charge in [0.05, 0.1) is 6.54 Å². The van der Waals surface area contributed by atoms with Gasteiger partial charge >= 0.3 is 6.03 Å². The van der Waals surface area contributed by atoms with Crippen molar-refractivity contribution in [2.75, 3.05) is 19.6 Å². The van der Waals surface area contributed by atoms with E-state index in [0.29, 0.717) is 51.5 Å². The monoisotopic (exact) mass is 439 g/mol. The van der Waals surface area contributed by atoms with Gasteiger partial charge in [-0.3, -0.25) is 4.79 Å². The van der Waals surface area contributed by atoms with Crippen LogP contribution in [0.4, 0.5) is 4.79 Å². The van der Waals surface area contributed by atoms with Crippen LogP contribution in [0.5, 0.6) is 0 Å². The molecule has 1 aromatic heterocycles. The Morgan fingerprint density at radius 2 is 1.97 bits per heavy atom. The fraction of sp³-hybridized carbons (Fsp3) is 0.542. The third-order valence-electron chi connectivity index (χ3n) is 6.38. The molecule has 8 heteroatoms. The van der Waals surface area contributed by atoms with Crippen molar-refractivity contribution >= 4 is 11.9 Å². The summed E-state index contributed by atoms with van der Waals surface area (Å²) < 4.78 is 8.44. The number of imidazole rings is 1. The Morgan fingerprint density at radius 3 is 2.69 bits per heavy atom. The molecule has 32 heavy (non-hydrogen) atoms. The molecule has 1 aromatic carbocycles. The number of ether oxygens (including phenoxy) is 1. The van der Waals surface area contributed by atoms with Crippen molar-refractivity contribution in [2.45, 2.75) is 58.4 Å². The first kappa shape index (κ1) is 22.3. The van der Waals surface area contributed by atoms with E-state index < -0.39 is 11.7 Å². The summed E-state index contributed by atoms with van der Waals surface area (Å²) in [6.45, 7) is 8.86. The van der Waals surface area contributed by atoms with Crippen LogP contribution in [0.3, 0.4) is 0 Å². The Labute approximate surface area is 189 Å². The van der Waals surface area contributed by atoms with E-state index in [2.05, 4.69) is 29.5 Å². The molecule has 2 aliphatic rings. The number of hydrogen-bond acceptors (Lipinski definition) is 4. The smallest absolute Gasteiger partial charge is 0.317 e. The van der Waals surface area contributed by atoms with Crippen LogP contribution in [0, 0.1) is 12.8 Å². The van der Waals surface area contributed by atoms with Crippen molar-refractivity contribution in [3.05, 3.63) is 53.6 Å². The fourth-order valence-corrected chi connectivity index (χ4v) is 4.46. The van der Waals surface area contributed by atoms with Gasteiger partial charge in [-0.15, -0.1) is 0 Å². The number of nitrogens with zero attached hydrogens (tertiary/aromatic N) is 3.